The van der Waals surface area contributed by atoms with E-state index in [1.165, 1.54) is 16.7 Å². The molecule has 2 N–H and O–H groups in total. The van der Waals surface area contributed by atoms with Crippen LogP contribution in [-0.2, 0) is 0 Å². The molecule has 1 fully saturated rings. The summed E-state index contributed by atoms with van der Waals surface area (Å²) >= 11 is 1.72. The van der Waals surface area contributed by atoms with Gasteiger partial charge in [0.15, 0.2) is 0 Å². The van der Waals surface area contributed by atoms with Crippen LogP contribution in [0.2, 0.25) is 0 Å². The second kappa shape index (κ2) is 3.68. The third-order valence-electron chi connectivity index (χ3n) is 3.19. The molecule has 0 aromatic carbocycles. The standard InChI is InChI=1S/C13H14N2S/c1-8-6-16-7-11(8)13-3-2-9(5-15-13)10-4-12(10)14/h2-3,5-7,10,12H,4,14H2,1H3/t10-,12+/m0/s1. The molecule has 2 atom stereocenters. The van der Waals surface area contributed by atoms with E-state index in [1.54, 1.807) is 11.3 Å². The molecule has 2 aromatic rings. The lowest BCUT2D eigenvalue weighted by Gasteiger charge is -2.02. The summed E-state index contributed by atoms with van der Waals surface area (Å²) in [5.74, 6) is 0.546. The van der Waals surface area contributed by atoms with E-state index in [0.717, 1.165) is 12.1 Å². The third kappa shape index (κ3) is 1.66. The van der Waals surface area contributed by atoms with Crippen molar-refractivity contribution in [3.05, 3.63) is 40.2 Å². The van der Waals surface area contributed by atoms with Gasteiger partial charge >= 0.3 is 0 Å². The van der Waals surface area contributed by atoms with E-state index in [4.69, 9.17) is 5.73 Å². The van der Waals surface area contributed by atoms with Gasteiger partial charge in [-0.15, -0.1) is 0 Å². The van der Waals surface area contributed by atoms with E-state index in [9.17, 15) is 0 Å². The summed E-state index contributed by atoms with van der Waals surface area (Å²) in [7, 11) is 0. The first-order valence-electron chi connectivity index (χ1n) is 5.50. The minimum absolute atomic E-state index is 0.357. The number of hydrogen-bond donors (Lipinski definition) is 1. The van der Waals surface area contributed by atoms with E-state index in [-0.39, 0.29) is 0 Å². The summed E-state index contributed by atoms with van der Waals surface area (Å²) in [6.07, 6.45) is 3.09. The lowest BCUT2D eigenvalue weighted by atomic mass is 10.1. The van der Waals surface area contributed by atoms with Crippen LogP contribution in [0.25, 0.3) is 11.3 Å². The number of aromatic nitrogens is 1. The van der Waals surface area contributed by atoms with Gasteiger partial charge in [-0.05, 0) is 35.9 Å². The molecule has 1 aliphatic rings. The number of thiophene rings is 1. The first-order chi connectivity index (χ1) is 7.75. The van der Waals surface area contributed by atoms with Crippen molar-refractivity contribution in [3.8, 4) is 11.3 Å². The SMILES string of the molecule is Cc1cscc1-c1ccc([C@@H]2C[C@H]2N)cn1. The fourth-order valence-corrected chi connectivity index (χ4v) is 2.85. The molecule has 2 nitrogen and oxygen atoms in total. The van der Waals surface area contributed by atoms with Crippen LogP contribution in [0.4, 0.5) is 0 Å². The highest BCUT2D eigenvalue weighted by Crippen LogP contribution is 2.39. The molecule has 3 heteroatoms. The van der Waals surface area contributed by atoms with Crippen molar-refractivity contribution in [2.24, 2.45) is 5.73 Å². The van der Waals surface area contributed by atoms with Crippen LogP contribution in [0.15, 0.2) is 29.1 Å². The van der Waals surface area contributed by atoms with Crippen molar-refractivity contribution in [1.29, 1.82) is 0 Å². The molecule has 0 bridgehead atoms. The lowest BCUT2D eigenvalue weighted by Crippen LogP contribution is -2.01. The number of nitrogens with zero attached hydrogens (tertiary/aromatic N) is 1. The van der Waals surface area contributed by atoms with Crippen molar-refractivity contribution in [3.63, 3.8) is 0 Å². The molecule has 0 aliphatic heterocycles. The van der Waals surface area contributed by atoms with Crippen LogP contribution in [0.1, 0.15) is 23.5 Å². The van der Waals surface area contributed by atoms with Crippen LogP contribution in [0.5, 0.6) is 0 Å². The molecule has 0 unspecified atom stereocenters. The Morgan fingerprint density at radius 2 is 2.19 bits per heavy atom. The van der Waals surface area contributed by atoms with E-state index in [0.29, 0.717) is 12.0 Å². The second-order valence-corrected chi connectivity index (χ2v) is 5.19. The van der Waals surface area contributed by atoms with E-state index in [1.807, 2.05) is 6.20 Å². The topological polar surface area (TPSA) is 38.9 Å². The Labute approximate surface area is 99.1 Å². The summed E-state index contributed by atoms with van der Waals surface area (Å²) in [5, 5.41) is 4.31. The predicted molar refractivity (Wildman–Crippen MR) is 67.6 cm³/mol. The van der Waals surface area contributed by atoms with Crippen LogP contribution in [-0.4, -0.2) is 11.0 Å². The Hall–Kier alpha value is -1.19. The lowest BCUT2D eigenvalue weighted by molar-refractivity contribution is 0.981. The van der Waals surface area contributed by atoms with E-state index < -0.39 is 0 Å². The zero-order valence-electron chi connectivity index (χ0n) is 9.18. The van der Waals surface area contributed by atoms with Crippen LogP contribution < -0.4 is 5.73 Å². The third-order valence-corrected chi connectivity index (χ3v) is 4.05. The molecule has 2 heterocycles. The molecular weight excluding hydrogens is 216 g/mol. The average molecular weight is 230 g/mol. The van der Waals surface area contributed by atoms with E-state index >= 15 is 0 Å². The molecule has 3 rings (SSSR count). The largest absolute Gasteiger partial charge is 0.327 e. The van der Waals surface area contributed by atoms with Gasteiger partial charge in [-0.1, -0.05) is 6.07 Å². The quantitative estimate of drug-likeness (QED) is 0.861. The van der Waals surface area contributed by atoms with Crippen LogP contribution in [0.3, 0.4) is 0 Å². The predicted octanol–water partition coefficient (Wildman–Crippen LogP) is 2.93. The number of pyridine rings is 1. The van der Waals surface area contributed by atoms with Crippen molar-refractivity contribution in [2.45, 2.75) is 25.3 Å². The minimum atomic E-state index is 0.357. The number of hydrogen-bond acceptors (Lipinski definition) is 3. The Balaban J connectivity index is 1.90. The highest BCUT2D eigenvalue weighted by Gasteiger charge is 2.34. The maximum Gasteiger partial charge on any atom is 0.0713 e. The van der Waals surface area contributed by atoms with Gasteiger partial charge in [0.05, 0.1) is 5.69 Å². The Morgan fingerprint density at radius 3 is 2.69 bits per heavy atom. The summed E-state index contributed by atoms with van der Waals surface area (Å²) in [6.45, 7) is 2.12. The summed E-state index contributed by atoms with van der Waals surface area (Å²) < 4.78 is 0. The Morgan fingerprint density at radius 1 is 1.38 bits per heavy atom. The normalized spacial score (nSPS) is 23.4. The van der Waals surface area contributed by atoms with Gasteiger partial charge in [-0.3, -0.25) is 4.98 Å². The first kappa shape index (κ1) is 10.00. The zero-order chi connectivity index (χ0) is 11.1. The van der Waals surface area contributed by atoms with Gasteiger partial charge in [-0.25, -0.2) is 0 Å². The van der Waals surface area contributed by atoms with Crippen molar-refractivity contribution >= 4 is 11.3 Å². The number of nitrogens with two attached hydrogens (primary N) is 1. The van der Waals surface area contributed by atoms with Crippen molar-refractivity contribution < 1.29 is 0 Å². The van der Waals surface area contributed by atoms with Crippen LogP contribution >= 0.6 is 11.3 Å². The van der Waals surface area contributed by atoms with Crippen molar-refractivity contribution in [2.75, 3.05) is 0 Å². The molecule has 1 aliphatic carbocycles. The maximum absolute atomic E-state index is 5.83. The van der Waals surface area contributed by atoms with Crippen LogP contribution in [0, 0.1) is 6.92 Å². The summed E-state index contributed by atoms with van der Waals surface area (Å²) in [6, 6.07) is 4.63. The number of aryl methyl sites for hydroxylation is 1. The smallest absolute Gasteiger partial charge is 0.0713 e. The van der Waals surface area contributed by atoms with Gasteiger partial charge in [-0.2, -0.15) is 11.3 Å². The molecule has 0 saturated heterocycles. The molecule has 0 amide bonds. The molecule has 1 saturated carbocycles. The molecule has 0 radical (unpaired) electrons. The van der Waals surface area contributed by atoms with E-state index in [2.05, 4.69) is 34.8 Å². The second-order valence-electron chi connectivity index (χ2n) is 4.45. The zero-order valence-corrected chi connectivity index (χ0v) is 10.00. The van der Waals surface area contributed by atoms with Gasteiger partial charge in [0, 0.05) is 29.1 Å². The average Bonchev–Trinajstić information content (AvgIpc) is 2.86. The number of rotatable bonds is 2. The Kier molecular flexibility index (Phi) is 2.30. The minimum Gasteiger partial charge on any atom is -0.327 e. The fourth-order valence-electron chi connectivity index (χ4n) is 2.00. The van der Waals surface area contributed by atoms with Gasteiger partial charge in [0.25, 0.3) is 0 Å². The van der Waals surface area contributed by atoms with Gasteiger partial charge in [0.1, 0.15) is 0 Å². The molecule has 2 aromatic heterocycles. The van der Waals surface area contributed by atoms with Gasteiger partial charge in [0.2, 0.25) is 0 Å². The summed E-state index contributed by atoms with van der Waals surface area (Å²) in [5.41, 5.74) is 10.7. The molecule has 16 heavy (non-hydrogen) atoms. The van der Waals surface area contributed by atoms with Gasteiger partial charge < -0.3 is 5.73 Å². The van der Waals surface area contributed by atoms with Crippen molar-refractivity contribution in [1.82, 2.24) is 4.98 Å². The molecule has 0 spiro atoms. The fraction of sp³-hybridized carbons (Fsp3) is 0.308. The first-order valence-corrected chi connectivity index (χ1v) is 6.44. The Bertz CT molecular complexity index is 501. The summed E-state index contributed by atoms with van der Waals surface area (Å²) in [4.78, 5) is 4.53. The highest BCUT2D eigenvalue weighted by molar-refractivity contribution is 7.08. The monoisotopic (exact) mass is 230 g/mol. The highest BCUT2D eigenvalue weighted by atomic mass is 32.1. The molecular formula is C13H14N2S. The maximum atomic E-state index is 5.83. The molecule has 82 valence electrons.